The molecule has 0 amide bonds. The Labute approximate surface area is 131 Å². The van der Waals surface area contributed by atoms with E-state index in [1.54, 1.807) is 0 Å². The summed E-state index contributed by atoms with van der Waals surface area (Å²) in [6, 6.07) is 3.83. The van der Waals surface area contributed by atoms with Crippen LogP contribution in [-0.2, 0) is 0 Å². The summed E-state index contributed by atoms with van der Waals surface area (Å²) in [5.41, 5.74) is -0.284. The van der Waals surface area contributed by atoms with Crippen molar-refractivity contribution in [1.29, 1.82) is 0 Å². The summed E-state index contributed by atoms with van der Waals surface area (Å²) in [4.78, 5) is 10.8. The molecule has 0 heterocycles. The second kappa shape index (κ2) is 5.55. The van der Waals surface area contributed by atoms with E-state index in [9.17, 15) is 14.5 Å². The molecular formula is C15H17BrFNO3. The lowest BCUT2D eigenvalue weighted by molar-refractivity contribution is -0.386. The minimum atomic E-state index is -0.659. The van der Waals surface area contributed by atoms with Crippen molar-refractivity contribution in [3.63, 3.8) is 0 Å². The summed E-state index contributed by atoms with van der Waals surface area (Å²) in [6.07, 6.45) is 6.20. The molecule has 2 atom stereocenters. The van der Waals surface area contributed by atoms with Crippen molar-refractivity contribution in [2.45, 2.75) is 49.5 Å². The highest BCUT2D eigenvalue weighted by molar-refractivity contribution is 9.09. The first kappa shape index (κ1) is 14.8. The van der Waals surface area contributed by atoms with Gasteiger partial charge in [-0.2, -0.15) is 0 Å². The predicted octanol–water partition coefficient (Wildman–Crippen LogP) is 4.60. The standard InChI is InChI=1S/C15H17BrFNO3/c16-12-9-13(15(12)7-2-1-3-8-15)21-14-10(17)5-4-6-11(14)18(19)20/h4-6,12-13H,1-3,7-9H2. The van der Waals surface area contributed by atoms with Crippen molar-refractivity contribution in [1.82, 2.24) is 0 Å². The molecule has 6 heteroatoms. The third-order valence-corrected chi connectivity index (χ3v) is 6.16. The van der Waals surface area contributed by atoms with Crippen LogP contribution in [0.4, 0.5) is 10.1 Å². The number of ether oxygens (including phenoxy) is 1. The van der Waals surface area contributed by atoms with Crippen LogP contribution in [0.3, 0.4) is 0 Å². The number of nitrogens with zero attached hydrogens (tertiary/aromatic N) is 1. The molecule has 0 radical (unpaired) electrons. The number of rotatable bonds is 3. The van der Waals surface area contributed by atoms with Gasteiger partial charge in [-0.05, 0) is 25.3 Å². The van der Waals surface area contributed by atoms with Crippen LogP contribution in [0.1, 0.15) is 38.5 Å². The van der Waals surface area contributed by atoms with Crippen molar-refractivity contribution in [2.75, 3.05) is 0 Å². The topological polar surface area (TPSA) is 52.4 Å². The van der Waals surface area contributed by atoms with Crippen molar-refractivity contribution < 1.29 is 14.1 Å². The third kappa shape index (κ3) is 2.43. The first-order valence-electron chi connectivity index (χ1n) is 7.28. The number of hydrogen-bond donors (Lipinski definition) is 0. The summed E-state index contributed by atoms with van der Waals surface area (Å²) >= 11 is 3.69. The number of hydrogen-bond acceptors (Lipinski definition) is 3. The molecule has 2 aliphatic carbocycles. The van der Waals surface area contributed by atoms with Crippen molar-refractivity contribution in [3.05, 3.63) is 34.1 Å². The van der Waals surface area contributed by atoms with Gasteiger partial charge in [-0.15, -0.1) is 0 Å². The van der Waals surface area contributed by atoms with E-state index in [4.69, 9.17) is 4.74 Å². The molecule has 1 aromatic rings. The Morgan fingerprint density at radius 1 is 1.33 bits per heavy atom. The quantitative estimate of drug-likeness (QED) is 0.451. The van der Waals surface area contributed by atoms with Crippen molar-refractivity contribution in [3.8, 4) is 5.75 Å². The zero-order chi connectivity index (χ0) is 15.0. The van der Waals surface area contributed by atoms with E-state index in [0.29, 0.717) is 4.83 Å². The van der Waals surface area contributed by atoms with Gasteiger partial charge in [0.25, 0.3) is 0 Å². The molecule has 2 aliphatic rings. The van der Waals surface area contributed by atoms with Crippen LogP contribution >= 0.6 is 15.9 Å². The van der Waals surface area contributed by atoms with Gasteiger partial charge >= 0.3 is 5.69 Å². The number of nitro groups is 1. The van der Waals surface area contributed by atoms with E-state index in [1.807, 2.05) is 0 Å². The Balaban J connectivity index is 1.86. The number of nitro benzene ring substituents is 1. The van der Waals surface area contributed by atoms with E-state index in [2.05, 4.69) is 15.9 Å². The lowest BCUT2D eigenvalue weighted by Gasteiger charge is -2.55. The van der Waals surface area contributed by atoms with E-state index in [-0.39, 0.29) is 23.0 Å². The summed E-state index contributed by atoms with van der Waals surface area (Å²) in [7, 11) is 0. The maximum absolute atomic E-state index is 13.9. The lowest BCUT2D eigenvalue weighted by atomic mass is 9.58. The second-order valence-electron chi connectivity index (χ2n) is 5.95. The average molecular weight is 358 g/mol. The predicted molar refractivity (Wildman–Crippen MR) is 80.3 cm³/mol. The Morgan fingerprint density at radius 2 is 2.05 bits per heavy atom. The smallest absolute Gasteiger partial charge is 0.314 e. The third-order valence-electron chi connectivity index (χ3n) is 4.87. The van der Waals surface area contributed by atoms with Gasteiger partial charge in [-0.1, -0.05) is 41.3 Å². The Bertz CT molecular complexity index is 560. The van der Waals surface area contributed by atoms with Gasteiger partial charge in [0.1, 0.15) is 6.10 Å². The normalized spacial score (nSPS) is 27.1. The van der Waals surface area contributed by atoms with E-state index in [0.717, 1.165) is 32.1 Å². The SMILES string of the molecule is O=[N+]([O-])c1cccc(F)c1OC1CC(Br)C12CCCCC2. The fourth-order valence-corrected chi connectivity index (χ4v) is 4.70. The molecule has 0 aliphatic heterocycles. The molecule has 0 N–H and O–H groups in total. The van der Waals surface area contributed by atoms with Gasteiger partial charge in [0, 0.05) is 16.3 Å². The van der Waals surface area contributed by atoms with E-state index in [1.165, 1.54) is 24.6 Å². The van der Waals surface area contributed by atoms with Crippen LogP contribution in [0, 0.1) is 21.3 Å². The van der Waals surface area contributed by atoms with Gasteiger partial charge in [-0.3, -0.25) is 10.1 Å². The zero-order valence-corrected chi connectivity index (χ0v) is 13.1. The Morgan fingerprint density at radius 3 is 2.67 bits per heavy atom. The second-order valence-corrected chi connectivity index (χ2v) is 7.05. The molecule has 3 rings (SSSR count). The van der Waals surface area contributed by atoms with Gasteiger partial charge in [0.2, 0.25) is 5.75 Å². The molecule has 2 fully saturated rings. The number of halogens is 2. The summed E-state index contributed by atoms with van der Waals surface area (Å²) < 4.78 is 19.7. The molecule has 0 saturated heterocycles. The Hall–Kier alpha value is -1.17. The molecule has 4 nitrogen and oxygen atoms in total. The maximum atomic E-state index is 13.9. The summed E-state index contributed by atoms with van der Waals surface area (Å²) in [5, 5.41) is 11.0. The monoisotopic (exact) mass is 357 g/mol. The minimum Gasteiger partial charge on any atom is -0.481 e. The first-order chi connectivity index (χ1) is 10.0. The van der Waals surface area contributed by atoms with E-state index < -0.39 is 10.7 Å². The number of benzene rings is 1. The van der Waals surface area contributed by atoms with Crippen LogP contribution in [0.5, 0.6) is 5.75 Å². The highest BCUT2D eigenvalue weighted by Gasteiger charge is 2.56. The van der Waals surface area contributed by atoms with Gasteiger partial charge in [-0.25, -0.2) is 4.39 Å². The summed E-state index contributed by atoms with van der Waals surface area (Å²) in [6.45, 7) is 0. The van der Waals surface area contributed by atoms with Crippen molar-refractivity contribution >= 4 is 21.6 Å². The fourth-order valence-electron chi connectivity index (χ4n) is 3.61. The van der Waals surface area contributed by atoms with Crippen LogP contribution in [0.2, 0.25) is 0 Å². The average Bonchev–Trinajstić information content (AvgIpc) is 2.49. The van der Waals surface area contributed by atoms with Gasteiger partial charge in [0.15, 0.2) is 5.82 Å². The molecule has 2 unspecified atom stereocenters. The molecule has 1 spiro atoms. The molecule has 114 valence electrons. The molecule has 0 bridgehead atoms. The van der Waals surface area contributed by atoms with Crippen LogP contribution in [0.15, 0.2) is 18.2 Å². The van der Waals surface area contributed by atoms with Crippen molar-refractivity contribution in [2.24, 2.45) is 5.41 Å². The number of alkyl halides is 1. The largest absolute Gasteiger partial charge is 0.481 e. The molecule has 2 saturated carbocycles. The van der Waals surface area contributed by atoms with Gasteiger partial charge < -0.3 is 4.74 Å². The number of para-hydroxylation sites is 1. The maximum Gasteiger partial charge on any atom is 0.314 e. The van der Waals surface area contributed by atoms with Crippen LogP contribution < -0.4 is 4.74 Å². The summed E-state index contributed by atoms with van der Waals surface area (Å²) in [5.74, 6) is -0.870. The Kier molecular flexibility index (Phi) is 3.90. The fraction of sp³-hybridized carbons (Fsp3) is 0.600. The minimum absolute atomic E-state index is 0.00833. The molecular weight excluding hydrogens is 341 g/mol. The molecule has 21 heavy (non-hydrogen) atoms. The lowest BCUT2D eigenvalue weighted by Crippen LogP contribution is -2.57. The highest BCUT2D eigenvalue weighted by atomic mass is 79.9. The molecule has 0 aromatic heterocycles. The highest BCUT2D eigenvalue weighted by Crippen LogP contribution is 2.56. The zero-order valence-electron chi connectivity index (χ0n) is 11.6. The first-order valence-corrected chi connectivity index (χ1v) is 8.20. The van der Waals surface area contributed by atoms with E-state index >= 15 is 0 Å². The molecule has 1 aromatic carbocycles. The van der Waals surface area contributed by atoms with Gasteiger partial charge in [0.05, 0.1) is 4.92 Å². The van der Waals surface area contributed by atoms with Crippen LogP contribution in [0.25, 0.3) is 0 Å². The van der Waals surface area contributed by atoms with Crippen LogP contribution in [-0.4, -0.2) is 15.9 Å².